The number of hydrogen-bond acceptors (Lipinski definition) is 2. The molecular weight excluding hydrogens is 302 g/mol. The molecule has 0 N–H and O–H groups in total. The maximum atomic E-state index is 6.13. The van der Waals surface area contributed by atoms with Crippen molar-refractivity contribution in [1.82, 2.24) is 4.98 Å². The fourth-order valence-corrected chi connectivity index (χ4v) is 5.54. The second-order valence-corrected chi connectivity index (χ2v) is 7.87. The molecule has 0 unspecified atom stereocenters. The van der Waals surface area contributed by atoms with Gasteiger partial charge in [0.05, 0.1) is 11.1 Å². The number of aromatic nitrogens is 1. The Hall–Kier alpha value is -0.570. The van der Waals surface area contributed by atoms with Gasteiger partial charge in [0.2, 0.25) is 0 Å². The van der Waals surface area contributed by atoms with Gasteiger partial charge in [0, 0.05) is 17.8 Å². The van der Waals surface area contributed by atoms with E-state index in [0.717, 1.165) is 34.6 Å². The third-order valence-electron chi connectivity index (χ3n) is 5.43. The van der Waals surface area contributed by atoms with Gasteiger partial charge in [-0.25, -0.2) is 0 Å². The lowest BCUT2D eigenvalue weighted by atomic mass is 9.50. The van der Waals surface area contributed by atoms with Crippen molar-refractivity contribution in [3.63, 3.8) is 0 Å². The van der Waals surface area contributed by atoms with Crippen molar-refractivity contribution in [1.29, 1.82) is 0 Å². The highest BCUT2D eigenvalue weighted by Crippen LogP contribution is 2.60. The van der Waals surface area contributed by atoms with E-state index in [9.17, 15) is 0 Å². The Morgan fingerprint density at radius 2 is 1.79 bits per heavy atom. The van der Waals surface area contributed by atoms with Gasteiger partial charge < -0.3 is 4.74 Å². The first kappa shape index (κ1) is 12.2. The third kappa shape index (κ3) is 2.20. The van der Waals surface area contributed by atoms with E-state index in [1.165, 1.54) is 38.5 Å². The topological polar surface area (TPSA) is 22.1 Å². The van der Waals surface area contributed by atoms with Crippen molar-refractivity contribution < 1.29 is 4.74 Å². The van der Waals surface area contributed by atoms with Crippen LogP contribution in [0.1, 0.15) is 38.5 Å². The minimum atomic E-state index is 0.484. The molecule has 0 amide bonds. The number of rotatable bonds is 3. The molecule has 4 aliphatic rings. The molecule has 4 aliphatic carbocycles. The number of halogens is 1. The van der Waals surface area contributed by atoms with Crippen LogP contribution in [0.3, 0.4) is 0 Å². The van der Waals surface area contributed by atoms with Gasteiger partial charge >= 0.3 is 0 Å². The highest BCUT2D eigenvalue weighted by Gasteiger charge is 2.51. The normalized spacial score (nSPS) is 39.5. The van der Waals surface area contributed by atoms with Crippen molar-refractivity contribution in [2.75, 3.05) is 6.61 Å². The van der Waals surface area contributed by atoms with E-state index < -0.39 is 0 Å². The van der Waals surface area contributed by atoms with Crippen LogP contribution < -0.4 is 4.74 Å². The van der Waals surface area contributed by atoms with Gasteiger partial charge in [-0.05, 0) is 78.3 Å². The molecule has 0 radical (unpaired) electrons. The maximum Gasteiger partial charge on any atom is 0.136 e. The standard InChI is InChI=1S/C16H20BrNO/c17-14-9-18-2-1-15(14)19-10-16-6-11-3-12(7-16)5-13(4-11)8-16/h1-2,9,11-13H,3-8,10H2. The van der Waals surface area contributed by atoms with Crippen molar-refractivity contribution in [2.45, 2.75) is 38.5 Å². The molecule has 19 heavy (non-hydrogen) atoms. The molecule has 2 nitrogen and oxygen atoms in total. The van der Waals surface area contributed by atoms with Crippen molar-refractivity contribution in [3.05, 3.63) is 22.9 Å². The summed E-state index contributed by atoms with van der Waals surface area (Å²) in [4.78, 5) is 4.09. The summed E-state index contributed by atoms with van der Waals surface area (Å²) in [5.41, 5.74) is 0.484. The van der Waals surface area contributed by atoms with Crippen LogP contribution in [0.5, 0.6) is 5.75 Å². The Labute approximate surface area is 123 Å². The fourth-order valence-electron chi connectivity index (χ4n) is 5.18. The predicted molar refractivity (Wildman–Crippen MR) is 78.0 cm³/mol. The Kier molecular flexibility index (Phi) is 2.87. The minimum Gasteiger partial charge on any atom is -0.492 e. The van der Waals surface area contributed by atoms with E-state index in [4.69, 9.17) is 4.74 Å². The first-order valence-corrected chi connectivity index (χ1v) is 8.24. The number of ether oxygens (including phenoxy) is 1. The molecule has 102 valence electrons. The first-order chi connectivity index (χ1) is 9.22. The van der Waals surface area contributed by atoms with Gasteiger partial charge in [0.1, 0.15) is 5.75 Å². The first-order valence-electron chi connectivity index (χ1n) is 7.45. The van der Waals surface area contributed by atoms with Crippen LogP contribution in [0.4, 0.5) is 0 Å². The quantitative estimate of drug-likeness (QED) is 0.821. The summed E-state index contributed by atoms with van der Waals surface area (Å²) in [5.74, 6) is 3.94. The Morgan fingerprint density at radius 3 is 2.37 bits per heavy atom. The van der Waals surface area contributed by atoms with E-state index in [0.29, 0.717) is 5.41 Å². The number of nitrogens with zero attached hydrogens (tertiary/aromatic N) is 1. The van der Waals surface area contributed by atoms with E-state index in [1.807, 2.05) is 12.3 Å². The molecule has 4 fully saturated rings. The summed E-state index contributed by atoms with van der Waals surface area (Å²) in [6.45, 7) is 0.902. The molecule has 5 rings (SSSR count). The highest BCUT2D eigenvalue weighted by molar-refractivity contribution is 9.10. The number of pyridine rings is 1. The zero-order chi connectivity index (χ0) is 12.9. The molecule has 0 aromatic carbocycles. The number of hydrogen-bond donors (Lipinski definition) is 0. The molecule has 0 aliphatic heterocycles. The van der Waals surface area contributed by atoms with E-state index in [1.54, 1.807) is 6.20 Å². The lowest BCUT2D eigenvalue weighted by molar-refractivity contribution is -0.0746. The zero-order valence-electron chi connectivity index (χ0n) is 11.1. The summed E-state index contributed by atoms with van der Waals surface area (Å²) in [5, 5.41) is 0. The Bertz CT molecular complexity index is 452. The lowest BCUT2D eigenvalue weighted by Gasteiger charge is -2.56. The van der Waals surface area contributed by atoms with Crippen molar-refractivity contribution in [2.24, 2.45) is 23.2 Å². The van der Waals surface area contributed by atoms with Crippen molar-refractivity contribution >= 4 is 15.9 Å². The smallest absolute Gasteiger partial charge is 0.136 e. The average Bonchev–Trinajstić information content (AvgIpc) is 2.36. The SMILES string of the molecule is Brc1cnccc1OCC12CC3CC(CC(C3)C1)C2. The average molecular weight is 322 g/mol. The summed E-state index contributed by atoms with van der Waals surface area (Å²) < 4.78 is 7.11. The molecule has 4 saturated carbocycles. The molecule has 4 bridgehead atoms. The van der Waals surface area contributed by atoms with Gasteiger partial charge in [-0.3, -0.25) is 4.98 Å². The summed E-state index contributed by atoms with van der Waals surface area (Å²) >= 11 is 3.52. The molecular formula is C16H20BrNO. The second kappa shape index (κ2) is 4.47. The molecule has 3 heteroatoms. The largest absolute Gasteiger partial charge is 0.492 e. The van der Waals surface area contributed by atoms with Crippen LogP contribution in [0.2, 0.25) is 0 Å². The molecule has 1 aromatic rings. The van der Waals surface area contributed by atoms with E-state index in [-0.39, 0.29) is 0 Å². The third-order valence-corrected chi connectivity index (χ3v) is 6.03. The van der Waals surface area contributed by atoms with Crippen LogP contribution in [0, 0.1) is 23.2 Å². The monoisotopic (exact) mass is 321 g/mol. The second-order valence-electron chi connectivity index (χ2n) is 7.01. The zero-order valence-corrected chi connectivity index (χ0v) is 12.7. The van der Waals surface area contributed by atoms with Gasteiger partial charge in [-0.2, -0.15) is 0 Å². The lowest BCUT2D eigenvalue weighted by Crippen LogP contribution is -2.48. The minimum absolute atomic E-state index is 0.484. The van der Waals surface area contributed by atoms with E-state index in [2.05, 4.69) is 20.9 Å². The summed E-state index contributed by atoms with van der Waals surface area (Å²) in [6, 6.07) is 1.96. The van der Waals surface area contributed by atoms with Crippen LogP contribution >= 0.6 is 15.9 Å². The van der Waals surface area contributed by atoms with Gasteiger partial charge in [0.25, 0.3) is 0 Å². The highest BCUT2D eigenvalue weighted by atomic mass is 79.9. The van der Waals surface area contributed by atoms with Crippen LogP contribution in [-0.2, 0) is 0 Å². The predicted octanol–water partition coefficient (Wildman–Crippen LogP) is 4.44. The fraction of sp³-hybridized carbons (Fsp3) is 0.688. The summed E-state index contributed by atoms with van der Waals surface area (Å²) in [6.07, 6.45) is 12.3. The van der Waals surface area contributed by atoms with Crippen molar-refractivity contribution in [3.8, 4) is 5.75 Å². The van der Waals surface area contributed by atoms with E-state index >= 15 is 0 Å². The van der Waals surface area contributed by atoms with Crippen LogP contribution in [0.25, 0.3) is 0 Å². The molecule has 1 heterocycles. The van der Waals surface area contributed by atoms with Gasteiger partial charge in [-0.1, -0.05) is 0 Å². The van der Waals surface area contributed by atoms with Gasteiger partial charge in [0.15, 0.2) is 0 Å². The Balaban J connectivity index is 1.49. The van der Waals surface area contributed by atoms with Crippen LogP contribution in [-0.4, -0.2) is 11.6 Å². The van der Waals surface area contributed by atoms with Crippen LogP contribution in [0.15, 0.2) is 22.9 Å². The molecule has 0 spiro atoms. The summed E-state index contributed by atoms with van der Waals surface area (Å²) in [7, 11) is 0. The molecule has 0 saturated heterocycles. The molecule has 0 atom stereocenters. The maximum absolute atomic E-state index is 6.13. The molecule has 1 aromatic heterocycles. The Morgan fingerprint density at radius 1 is 1.16 bits per heavy atom. The van der Waals surface area contributed by atoms with Gasteiger partial charge in [-0.15, -0.1) is 0 Å².